The van der Waals surface area contributed by atoms with Crippen LogP contribution >= 0.6 is 0 Å². The number of likely N-dealkylation sites (N-methyl/N-ethyl adjacent to an activating group) is 1. The minimum Gasteiger partial charge on any atom is -0.478 e. The summed E-state index contributed by atoms with van der Waals surface area (Å²) in [5, 5.41) is 8.95. The van der Waals surface area contributed by atoms with Crippen molar-refractivity contribution >= 4 is 16.0 Å². The molecule has 2 aromatic rings. The van der Waals surface area contributed by atoms with E-state index < -0.39 is 16.0 Å². The summed E-state index contributed by atoms with van der Waals surface area (Å²) in [4.78, 5) is 12.9. The highest BCUT2D eigenvalue weighted by Crippen LogP contribution is 2.20. The number of carboxylic acid groups (broad SMARTS) is 1. The van der Waals surface area contributed by atoms with Crippen molar-refractivity contribution in [2.45, 2.75) is 18.4 Å². The van der Waals surface area contributed by atoms with Crippen LogP contribution in [0.4, 0.5) is 0 Å². The Bertz CT molecular complexity index is 825. The van der Waals surface area contributed by atoms with Gasteiger partial charge in [0.2, 0.25) is 10.0 Å². The fraction of sp³-hybridized carbons (Fsp3) is 0.353. The second-order valence-corrected chi connectivity index (χ2v) is 7.92. The monoisotopic (exact) mass is 366 g/mol. The molecule has 136 valence electrons. The maximum Gasteiger partial charge on any atom is 0.335 e. The SMILES string of the molecule is Cc1ccc(CN(CCN(C)C)S(=O)(=O)c2ccc(C(=O)O)cc2)o1. The average Bonchev–Trinajstić information content (AvgIpc) is 2.96. The third-order valence-corrected chi connectivity index (χ3v) is 5.52. The number of benzene rings is 1. The normalized spacial score (nSPS) is 12.0. The van der Waals surface area contributed by atoms with Crippen LogP contribution in [0.1, 0.15) is 21.9 Å². The molecule has 0 aliphatic heterocycles. The van der Waals surface area contributed by atoms with Gasteiger partial charge >= 0.3 is 5.97 Å². The van der Waals surface area contributed by atoms with Crippen molar-refractivity contribution in [2.24, 2.45) is 0 Å². The molecule has 0 radical (unpaired) electrons. The van der Waals surface area contributed by atoms with Gasteiger partial charge in [0.25, 0.3) is 0 Å². The average molecular weight is 366 g/mol. The summed E-state index contributed by atoms with van der Waals surface area (Å²) >= 11 is 0. The molecule has 0 atom stereocenters. The van der Waals surface area contributed by atoms with Crippen LogP contribution in [-0.4, -0.2) is 55.9 Å². The minimum atomic E-state index is -3.77. The van der Waals surface area contributed by atoms with E-state index in [-0.39, 0.29) is 23.5 Å². The van der Waals surface area contributed by atoms with Crippen LogP contribution in [0.15, 0.2) is 45.7 Å². The molecule has 0 aliphatic rings. The van der Waals surface area contributed by atoms with Gasteiger partial charge < -0.3 is 14.4 Å². The Morgan fingerprint density at radius 3 is 2.20 bits per heavy atom. The van der Waals surface area contributed by atoms with E-state index in [0.717, 1.165) is 0 Å². The molecule has 0 aliphatic carbocycles. The molecule has 1 aromatic heterocycles. The smallest absolute Gasteiger partial charge is 0.335 e. The van der Waals surface area contributed by atoms with Crippen LogP contribution in [0.2, 0.25) is 0 Å². The van der Waals surface area contributed by atoms with Crippen LogP contribution in [0.25, 0.3) is 0 Å². The molecule has 0 bridgehead atoms. The van der Waals surface area contributed by atoms with Crippen LogP contribution in [0.5, 0.6) is 0 Å². The first-order valence-corrected chi connectivity index (χ1v) is 9.17. The number of hydrogen-bond acceptors (Lipinski definition) is 5. The molecule has 0 amide bonds. The molecule has 1 aromatic carbocycles. The molecule has 1 N–H and O–H groups in total. The van der Waals surface area contributed by atoms with Crippen LogP contribution in [0.3, 0.4) is 0 Å². The van der Waals surface area contributed by atoms with Gasteiger partial charge in [-0.1, -0.05) is 0 Å². The van der Waals surface area contributed by atoms with E-state index in [1.165, 1.54) is 28.6 Å². The van der Waals surface area contributed by atoms with E-state index in [2.05, 4.69) is 0 Å². The van der Waals surface area contributed by atoms with Crippen LogP contribution < -0.4 is 0 Å². The Balaban J connectivity index is 2.30. The van der Waals surface area contributed by atoms with Crippen molar-refractivity contribution in [1.29, 1.82) is 0 Å². The van der Waals surface area contributed by atoms with Gasteiger partial charge in [0.1, 0.15) is 11.5 Å². The van der Waals surface area contributed by atoms with E-state index in [9.17, 15) is 13.2 Å². The summed E-state index contributed by atoms with van der Waals surface area (Å²) in [6.45, 7) is 2.75. The van der Waals surface area contributed by atoms with Gasteiger partial charge in [0.15, 0.2) is 0 Å². The summed E-state index contributed by atoms with van der Waals surface area (Å²) in [6, 6.07) is 8.74. The highest BCUT2D eigenvalue weighted by molar-refractivity contribution is 7.89. The topological polar surface area (TPSA) is 91.1 Å². The van der Waals surface area contributed by atoms with Gasteiger partial charge in [-0.2, -0.15) is 4.31 Å². The number of carbonyl (C=O) groups is 1. The predicted octanol–water partition coefficient (Wildman–Crippen LogP) is 2.04. The highest BCUT2D eigenvalue weighted by atomic mass is 32.2. The summed E-state index contributed by atoms with van der Waals surface area (Å²) in [5.41, 5.74) is 0.0421. The van der Waals surface area contributed by atoms with Gasteiger partial charge in [-0.25, -0.2) is 13.2 Å². The molecular weight excluding hydrogens is 344 g/mol. The summed E-state index contributed by atoms with van der Waals surface area (Å²) in [5.74, 6) is 0.173. The highest BCUT2D eigenvalue weighted by Gasteiger charge is 2.26. The van der Waals surface area contributed by atoms with Crippen LogP contribution in [-0.2, 0) is 16.6 Å². The Labute approximate surface area is 147 Å². The van der Waals surface area contributed by atoms with Gasteiger partial charge in [0, 0.05) is 13.1 Å². The second kappa shape index (κ2) is 7.81. The number of furan rings is 1. The van der Waals surface area contributed by atoms with E-state index in [0.29, 0.717) is 18.1 Å². The molecule has 2 rings (SSSR count). The van der Waals surface area contributed by atoms with E-state index in [4.69, 9.17) is 9.52 Å². The number of aromatic carboxylic acids is 1. The van der Waals surface area contributed by atoms with Gasteiger partial charge in [-0.05, 0) is 57.4 Å². The van der Waals surface area contributed by atoms with Gasteiger partial charge in [-0.15, -0.1) is 0 Å². The second-order valence-electron chi connectivity index (χ2n) is 5.98. The van der Waals surface area contributed by atoms with Crippen molar-refractivity contribution < 1.29 is 22.7 Å². The van der Waals surface area contributed by atoms with Crippen LogP contribution in [0, 0.1) is 6.92 Å². The predicted molar refractivity (Wildman–Crippen MR) is 93.0 cm³/mol. The molecule has 1 heterocycles. The zero-order valence-corrected chi connectivity index (χ0v) is 15.3. The largest absolute Gasteiger partial charge is 0.478 e. The quantitative estimate of drug-likeness (QED) is 0.769. The Morgan fingerprint density at radius 1 is 1.08 bits per heavy atom. The summed E-state index contributed by atoms with van der Waals surface area (Å²) < 4.78 is 32.8. The molecule has 0 saturated heterocycles. The third-order valence-electron chi connectivity index (χ3n) is 3.66. The standard InChI is InChI=1S/C17H22N2O5S/c1-13-4-7-15(24-13)12-19(11-10-18(2)3)25(22,23)16-8-5-14(6-9-16)17(20)21/h4-9H,10-12H2,1-3H3,(H,20,21). The van der Waals surface area contributed by atoms with Crippen molar-refractivity contribution in [1.82, 2.24) is 9.21 Å². The zero-order chi connectivity index (χ0) is 18.6. The number of nitrogens with zero attached hydrogens (tertiary/aromatic N) is 2. The molecule has 25 heavy (non-hydrogen) atoms. The number of carboxylic acids is 1. The lowest BCUT2D eigenvalue weighted by Gasteiger charge is -2.23. The first-order chi connectivity index (χ1) is 11.7. The van der Waals surface area contributed by atoms with E-state index in [1.54, 1.807) is 19.1 Å². The van der Waals surface area contributed by atoms with E-state index >= 15 is 0 Å². The zero-order valence-electron chi connectivity index (χ0n) is 14.5. The molecular formula is C17H22N2O5S. The van der Waals surface area contributed by atoms with Crippen molar-refractivity contribution in [3.05, 3.63) is 53.5 Å². The first-order valence-electron chi connectivity index (χ1n) is 7.73. The maximum absolute atomic E-state index is 13.0. The fourth-order valence-electron chi connectivity index (χ4n) is 2.26. The molecule has 0 spiro atoms. The molecule has 0 fully saturated rings. The summed E-state index contributed by atoms with van der Waals surface area (Å²) in [6.07, 6.45) is 0. The Hall–Kier alpha value is -2.16. The third kappa shape index (κ3) is 4.91. The number of aryl methyl sites for hydroxylation is 1. The van der Waals surface area contributed by atoms with Crippen molar-refractivity contribution in [2.75, 3.05) is 27.2 Å². The summed E-state index contributed by atoms with van der Waals surface area (Å²) in [7, 11) is -0.0452. The molecule has 0 unspecified atom stereocenters. The maximum atomic E-state index is 13.0. The molecule has 0 saturated carbocycles. The lowest BCUT2D eigenvalue weighted by Crippen LogP contribution is -2.36. The van der Waals surface area contributed by atoms with E-state index in [1.807, 2.05) is 19.0 Å². The molecule has 7 nitrogen and oxygen atoms in total. The first kappa shape index (κ1) is 19.2. The Morgan fingerprint density at radius 2 is 1.72 bits per heavy atom. The number of sulfonamides is 1. The van der Waals surface area contributed by atoms with Gasteiger partial charge in [-0.3, -0.25) is 0 Å². The van der Waals surface area contributed by atoms with Gasteiger partial charge in [0.05, 0.1) is 17.0 Å². The number of hydrogen-bond donors (Lipinski definition) is 1. The lowest BCUT2D eigenvalue weighted by molar-refractivity contribution is 0.0696. The lowest BCUT2D eigenvalue weighted by atomic mass is 10.2. The molecule has 8 heteroatoms. The number of rotatable bonds is 8. The van der Waals surface area contributed by atoms with Crippen molar-refractivity contribution in [3.63, 3.8) is 0 Å². The minimum absolute atomic E-state index is 0.0421. The fourth-order valence-corrected chi connectivity index (χ4v) is 3.66. The van der Waals surface area contributed by atoms with Crippen molar-refractivity contribution in [3.8, 4) is 0 Å². The Kier molecular flexibility index (Phi) is 5.99.